The molecule has 5 rings (SSSR count). The highest BCUT2D eigenvalue weighted by molar-refractivity contribution is 5.55. The molecule has 2 bridgehead atoms. The largest absolute Gasteiger partial charge is 0.497 e. The van der Waals surface area contributed by atoms with Crippen molar-refractivity contribution < 1.29 is 9.84 Å². The minimum Gasteiger partial charge on any atom is -0.497 e. The van der Waals surface area contributed by atoms with E-state index < -0.39 is 5.60 Å². The number of methoxy groups -OCH3 is 1. The lowest BCUT2D eigenvalue weighted by molar-refractivity contribution is -0.148. The third-order valence-electron chi connectivity index (χ3n) is 6.89. The van der Waals surface area contributed by atoms with Gasteiger partial charge in [-0.1, -0.05) is 12.5 Å². The van der Waals surface area contributed by atoms with E-state index in [1.807, 2.05) is 55.0 Å². The third kappa shape index (κ3) is 3.82. The van der Waals surface area contributed by atoms with Crippen LogP contribution in [0.4, 0.5) is 0 Å². The molecular formula is C25H28N4O2. The maximum absolute atomic E-state index is 11.7. The second-order valence-electron chi connectivity index (χ2n) is 8.73. The Morgan fingerprint density at radius 2 is 1.74 bits per heavy atom. The van der Waals surface area contributed by atoms with E-state index in [0.29, 0.717) is 5.82 Å². The van der Waals surface area contributed by atoms with Gasteiger partial charge >= 0.3 is 0 Å². The summed E-state index contributed by atoms with van der Waals surface area (Å²) in [6, 6.07) is 11.7. The van der Waals surface area contributed by atoms with Gasteiger partial charge in [0.2, 0.25) is 0 Å². The monoisotopic (exact) mass is 416 g/mol. The van der Waals surface area contributed by atoms with Crippen LogP contribution in [0.5, 0.6) is 5.75 Å². The molecule has 1 N–H and O–H groups in total. The van der Waals surface area contributed by atoms with Crippen LogP contribution in [-0.4, -0.2) is 45.2 Å². The molecule has 1 unspecified atom stereocenters. The van der Waals surface area contributed by atoms with E-state index in [-0.39, 0.29) is 11.8 Å². The van der Waals surface area contributed by atoms with Crippen molar-refractivity contribution in [2.45, 2.75) is 31.4 Å². The first-order valence-corrected chi connectivity index (χ1v) is 11.0. The van der Waals surface area contributed by atoms with Gasteiger partial charge in [0.25, 0.3) is 0 Å². The molecule has 3 aromatic rings. The van der Waals surface area contributed by atoms with Gasteiger partial charge in [-0.2, -0.15) is 0 Å². The topological polar surface area (TPSA) is 71.4 Å². The summed E-state index contributed by atoms with van der Waals surface area (Å²) in [4.78, 5) is 15.9. The van der Waals surface area contributed by atoms with E-state index in [1.165, 1.54) is 6.42 Å². The van der Waals surface area contributed by atoms with Crippen LogP contribution in [0.15, 0.2) is 61.2 Å². The fourth-order valence-corrected chi connectivity index (χ4v) is 5.33. The number of hydrogen-bond donors (Lipinski definition) is 1. The molecule has 3 atom stereocenters. The number of nitrogens with zero attached hydrogens (tertiary/aromatic N) is 4. The fourth-order valence-electron chi connectivity index (χ4n) is 5.33. The van der Waals surface area contributed by atoms with Crippen molar-refractivity contribution in [3.8, 4) is 17.1 Å². The van der Waals surface area contributed by atoms with Crippen LogP contribution in [0.1, 0.15) is 30.4 Å². The van der Waals surface area contributed by atoms with Gasteiger partial charge in [-0.15, -0.1) is 0 Å². The molecule has 2 aromatic heterocycles. The molecule has 1 aromatic carbocycles. The van der Waals surface area contributed by atoms with Crippen LogP contribution in [0.25, 0.3) is 11.4 Å². The molecule has 1 saturated carbocycles. The Bertz CT molecular complexity index is 994. The van der Waals surface area contributed by atoms with Crippen LogP contribution in [-0.2, 0) is 12.1 Å². The van der Waals surface area contributed by atoms with Gasteiger partial charge in [-0.3, -0.25) is 9.88 Å². The van der Waals surface area contributed by atoms with Crippen molar-refractivity contribution in [1.82, 2.24) is 19.9 Å². The molecular weight excluding hydrogens is 388 g/mol. The first-order valence-electron chi connectivity index (χ1n) is 11.0. The van der Waals surface area contributed by atoms with E-state index in [4.69, 9.17) is 4.74 Å². The Morgan fingerprint density at radius 3 is 2.35 bits per heavy atom. The number of piperidine rings is 1. The summed E-state index contributed by atoms with van der Waals surface area (Å²) in [6.07, 6.45) is 10.7. The minimum atomic E-state index is -0.766. The Kier molecular flexibility index (Phi) is 5.42. The summed E-state index contributed by atoms with van der Waals surface area (Å²) < 4.78 is 5.22. The molecule has 1 aliphatic carbocycles. The summed E-state index contributed by atoms with van der Waals surface area (Å²) in [7, 11) is 1.66. The first kappa shape index (κ1) is 20.1. The zero-order valence-corrected chi connectivity index (χ0v) is 17.8. The maximum Gasteiger partial charge on any atom is 0.159 e. The molecule has 160 valence electrons. The highest BCUT2D eigenvalue weighted by Crippen LogP contribution is 2.49. The summed E-state index contributed by atoms with van der Waals surface area (Å²) in [5.41, 5.74) is 2.28. The van der Waals surface area contributed by atoms with Gasteiger partial charge in [0.05, 0.1) is 12.7 Å². The number of pyridine rings is 1. The Labute approximate surface area is 183 Å². The van der Waals surface area contributed by atoms with Gasteiger partial charge in [0.15, 0.2) is 5.82 Å². The van der Waals surface area contributed by atoms with Crippen LogP contribution in [0, 0.1) is 11.8 Å². The number of benzene rings is 1. The molecule has 0 amide bonds. The molecule has 1 aliphatic heterocycles. The zero-order valence-electron chi connectivity index (χ0n) is 17.8. The molecule has 6 heteroatoms. The summed E-state index contributed by atoms with van der Waals surface area (Å²) >= 11 is 0. The van der Waals surface area contributed by atoms with Gasteiger partial charge in [0.1, 0.15) is 5.75 Å². The second kappa shape index (κ2) is 8.36. The molecule has 3 heterocycles. The number of fused-ring (bicyclic) bond motifs is 2. The standard InChI is InChI=1S/C25H28N4O2/c1-31-23-9-7-19(8-10-23)24-27-12-18(13-28-24)15-29-16-21-4-2-5-22(17-29)25(21,30)20-6-3-11-26-14-20/h3,6-14,21-22,30H,2,4-5,15-17H2,1H3/t21-,22+,25?. The summed E-state index contributed by atoms with van der Waals surface area (Å²) in [5.74, 6) is 1.99. The number of aromatic nitrogens is 3. The van der Waals surface area contributed by atoms with Gasteiger partial charge in [-0.05, 0) is 43.2 Å². The van der Waals surface area contributed by atoms with Crippen LogP contribution in [0.3, 0.4) is 0 Å². The van der Waals surface area contributed by atoms with E-state index in [9.17, 15) is 5.11 Å². The van der Waals surface area contributed by atoms with Crippen LogP contribution >= 0.6 is 0 Å². The third-order valence-corrected chi connectivity index (χ3v) is 6.89. The zero-order chi connectivity index (χ0) is 21.3. The number of rotatable bonds is 5. The quantitative estimate of drug-likeness (QED) is 0.684. The lowest BCUT2D eigenvalue weighted by atomic mass is 9.63. The highest BCUT2D eigenvalue weighted by atomic mass is 16.5. The summed E-state index contributed by atoms with van der Waals surface area (Å²) in [6.45, 7) is 2.56. The summed E-state index contributed by atoms with van der Waals surface area (Å²) in [5, 5.41) is 11.7. The highest BCUT2D eigenvalue weighted by Gasteiger charge is 2.51. The van der Waals surface area contributed by atoms with Crippen molar-refractivity contribution in [2.24, 2.45) is 11.8 Å². The Hall–Kier alpha value is -2.83. The molecule has 31 heavy (non-hydrogen) atoms. The number of likely N-dealkylation sites (tertiary alicyclic amines) is 1. The van der Waals surface area contributed by atoms with Gasteiger partial charge < -0.3 is 9.84 Å². The predicted octanol–water partition coefficient (Wildman–Crippen LogP) is 3.67. The van der Waals surface area contributed by atoms with Crippen LogP contribution in [0.2, 0.25) is 0 Å². The molecule has 2 aliphatic rings. The smallest absolute Gasteiger partial charge is 0.159 e. The van der Waals surface area contributed by atoms with Crippen molar-refractivity contribution in [3.05, 3.63) is 72.3 Å². The van der Waals surface area contributed by atoms with Crippen molar-refractivity contribution in [1.29, 1.82) is 0 Å². The van der Waals surface area contributed by atoms with Crippen molar-refractivity contribution in [3.63, 3.8) is 0 Å². The molecule has 6 nitrogen and oxygen atoms in total. The fraction of sp³-hybridized carbons (Fsp3) is 0.400. The van der Waals surface area contributed by atoms with Crippen LogP contribution < -0.4 is 4.74 Å². The Balaban J connectivity index is 1.29. The molecule has 1 saturated heterocycles. The second-order valence-corrected chi connectivity index (χ2v) is 8.73. The van der Waals surface area contributed by atoms with Crippen molar-refractivity contribution in [2.75, 3.05) is 20.2 Å². The number of ether oxygens (including phenoxy) is 1. The number of aliphatic hydroxyl groups is 1. The lowest BCUT2D eigenvalue weighted by Gasteiger charge is -2.53. The minimum absolute atomic E-state index is 0.226. The molecule has 2 fully saturated rings. The van der Waals surface area contributed by atoms with E-state index >= 15 is 0 Å². The van der Waals surface area contributed by atoms with E-state index in [2.05, 4.69) is 19.9 Å². The van der Waals surface area contributed by atoms with Gasteiger partial charge in [0, 0.05) is 72.9 Å². The normalized spacial score (nSPS) is 25.9. The Morgan fingerprint density at radius 1 is 1.03 bits per heavy atom. The van der Waals surface area contributed by atoms with E-state index in [1.54, 1.807) is 13.3 Å². The average molecular weight is 417 g/mol. The predicted molar refractivity (Wildman–Crippen MR) is 118 cm³/mol. The SMILES string of the molecule is COc1ccc(-c2ncc(CN3C[C@H]4CCC[C@@H](C3)C4(O)c3cccnc3)cn2)cc1. The molecule has 0 spiro atoms. The van der Waals surface area contributed by atoms with E-state index in [0.717, 1.165) is 54.9 Å². The van der Waals surface area contributed by atoms with Crippen molar-refractivity contribution >= 4 is 0 Å². The maximum atomic E-state index is 11.7. The average Bonchev–Trinajstić information content (AvgIpc) is 2.81. The first-order chi connectivity index (χ1) is 15.2. The lowest BCUT2D eigenvalue weighted by Crippen LogP contribution is -2.57. The number of hydrogen-bond acceptors (Lipinski definition) is 6. The van der Waals surface area contributed by atoms with Gasteiger partial charge in [-0.25, -0.2) is 9.97 Å². The molecule has 0 radical (unpaired) electrons.